The lowest BCUT2D eigenvalue weighted by atomic mass is 10.3. The lowest BCUT2D eigenvalue weighted by molar-refractivity contribution is -0.144. The van der Waals surface area contributed by atoms with Crippen molar-refractivity contribution in [3.63, 3.8) is 0 Å². The molecule has 0 unspecified atom stereocenters. The van der Waals surface area contributed by atoms with Gasteiger partial charge in [-0.2, -0.15) is 0 Å². The summed E-state index contributed by atoms with van der Waals surface area (Å²) in [4.78, 5) is 23.7. The molecule has 0 saturated heterocycles. The average Bonchev–Trinajstić information content (AvgIpc) is 2.21. The molecular formula is C9H17NO4. The SMILES string of the molecule is COCCC(=O)N(C)C(=O)CCOC. The van der Waals surface area contributed by atoms with Gasteiger partial charge in [-0.3, -0.25) is 14.5 Å². The van der Waals surface area contributed by atoms with Crippen molar-refractivity contribution in [1.29, 1.82) is 0 Å². The van der Waals surface area contributed by atoms with Crippen molar-refractivity contribution in [3.05, 3.63) is 0 Å². The minimum absolute atomic E-state index is 0.228. The summed E-state index contributed by atoms with van der Waals surface area (Å²) in [6.07, 6.45) is 0.456. The highest BCUT2D eigenvalue weighted by molar-refractivity contribution is 5.94. The van der Waals surface area contributed by atoms with Gasteiger partial charge in [0.15, 0.2) is 0 Å². The van der Waals surface area contributed by atoms with Crippen LogP contribution in [0.1, 0.15) is 12.8 Å². The Kier molecular flexibility index (Phi) is 6.96. The van der Waals surface area contributed by atoms with Gasteiger partial charge in [-0.15, -0.1) is 0 Å². The van der Waals surface area contributed by atoms with E-state index in [9.17, 15) is 9.59 Å². The average molecular weight is 203 g/mol. The molecule has 14 heavy (non-hydrogen) atoms. The Bertz CT molecular complexity index is 173. The molecule has 5 nitrogen and oxygen atoms in total. The van der Waals surface area contributed by atoms with E-state index in [0.717, 1.165) is 4.90 Å². The number of nitrogens with zero attached hydrogens (tertiary/aromatic N) is 1. The lowest BCUT2D eigenvalue weighted by Gasteiger charge is -2.14. The molecule has 0 bridgehead atoms. The number of methoxy groups -OCH3 is 2. The van der Waals surface area contributed by atoms with Crippen LogP contribution in [0, 0.1) is 0 Å². The largest absolute Gasteiger partial charge is 0.384 e. The van der Waals surface area contributed by atoms with Gasteiger partial charge >= 0.3 is 0 Å². The van der Waals surface area contributed by atoms with Gasteiger partial charge in [0.05, 0.1) is 26.1 Å². The van der Waals surface area contributed by atoms with Gasteiger partial charge in [0.1, 0.15) is 0 Å². The van der Waals surface area contributed by atoms with E-state index in [4.69, 9.17) is 9.47 Å². The summed E-state index contributed by atoms with van der Waals surface area (Å²) >= 11 is 0. The van der Waals surface area contributed by atoms with Gasteiger partial charge in [0.25, 0.3) is 0 Å². The molecule has 0 aromatic heterocycles. The van der Waals surface area contributed by atoms with Gasteiger partial charge in [-0.05, 0) is 0 Å². The molecule has 5 heteroatoms. The second kappa shape index (κ2) is 7.46. The first-order chi connectivity index (χ1) is 6.63. The van der Waals surface area contributed by atoms with Gasteiger partial charge in [-0.25, -0.2) is 0 Å². The molecule has 0 saturated carbocycles. The number of hydrogen-bond acceptors (Lipinski definition) is 4. The van der Waals surface area contributed by atoms with Crippen LogP contribution in [0.3, 0.4) is 0 Å². The van der Waals surface area contributed by atoms with Crippen LogP contribution in [-0.2, 0) is 19.1 Å². The highest BCUT2D eigenvalue weighted by Crippen LogP contribution is 1.96. The molecule has 0 radical (unpaired) electrons. The normalized spacial score (nSPS) is 9.93. The fourth-order valence-electron chi connectivity index (χ4n) is 0.853. The molecule has 0 atom stereocenters. The van der Waals surface area contributed by atoms with Gasteiger partial charge < -0.3 is 9.47 Å². The Morgan fingerprint density at radius 2 is 1.36 bits per heavy atom. The van der Waals surface area contributed by atoms with Crippen molar-refractivity contribution < 1.29 is 19.1 Å². The Morgan fingerprint density at radius 1 is 1.00 bits per heavy atom. The third kappa shape index (κ3) is 4.94. The summed E-state index contributed by atoms with van der Waals surface area (Å²) in [6, 6.07) is 0. The Morgan fingerprint density at radius 3 is 1.64 bits per heavy atom. The van der Waals surface area contributed by atoms with Crippen LogP contribution in [0.4, 0.5) is 0 Å². The maximum Gasteiger partial charge on any atom is 0.231 e. The van der Waals surface area contributed by atoms with E-state index >= 15 is 0 Å². The van der Waals surface area contributed by atoms with E-state index in [1.807, 2.05) is 0 Å². The predicted molar refractivity (Wildman–Crippen MR) is 50.8 cm³/mol. The second-order valence-corrected chi connectivity index (χ2v) is 2.83. The number of rotatable bonds is 6. The number of ether oxygens (including phenoxy) is 2. The van der Waals surface area contributed by atoms with Gasteiger partial charge in [-0.1, -0.05) is 0 Å². The molecular weight excluding hydrogens is 186 g/mol. The van der Waals surface area contributed by atoms with Crippen molar-refractivity contribution in [2.45, 2.75) is 12.8 Å². The third-order valence-electron chi connectivity index (χ3n) is 1.79. The molecule has 0 spiro atoms. The van der Waals surface area contributed by atoms with Crippen LogP contribution in [0.25, 0.3) is 0 Å². The first-order valence-corrected chi connectivity index (χ1v) is 4.40. The zero-order chi connectivity index (χ0) is 11.0. The fourth-order valence-corrected chi connectivity index (χ4v) is 0.853. The highest BCUT2D eigenvalue weighted by Gasteiger charge is 2.15. The molecule has 0 aliphatic heterocycles. The summed E-state index contributed by atoms with van der Waals surface area (Å²) in [5.41, 5.74) is 0. The Balaban J connectivity index is 3.85. The molecule has 0 aliphatic carbocycles. The highest BCUT2D eigenvalue weighted by atomic mass is 16.5. The van der Waals surface area contributed by atoms with Gasteiger partial charge in [0.2, 0.25) is 11.8 Å². The first-order valence-electron chi connectivity index (χ1n) is 4.40. The topological polar surface area (TPSA) is 55.8 Å². The standard InChI is InChI=1S/C9H17NO4/c1-10(8(11)4-6-13-2)9(12)5-7-14-3/h4-7H2,1-3H3. The fraction of sp³-hybridized carbons (Fsp3) is 0.778. The van der Waals surface area contributed by atoms with Crippen molar-refractivity contribution in [2.75, 3.05) is 34.5 Å². The van der Waals surface area contributed by atoms with E-state index in [0.29, 0.717) is 13.2 Å². The monoisotopic (exact) mass is 203 g/mol. The van der Waals surface area contributed by atoms with E-state index in [1.54, 1.807) is 0 Å². The van der Waals surface area contributed by atoms with Crippen LogP contribution < -0.4 is 0 Å². The van der Waals surface area contributed by atoms with Crippen LogP contribution in [0.2, 0.25) is 0 Å². The summed E-state index contributed by atoms with van der Waals surface area (Å²) < 4.78 is 9.48. The minimum Gasteiger partial charge on any atom is -0.384 e. The van der Waals surface area contributed by atoms with E-state index in [-0.39, 0.29) is 24.7 Å². The number of carbonyl (C=O) groups is 2. The third-order valence-corrected chi connectivity index (χ3v) is 1.79. The summed E-state index contributed by atoms with van der Waals surface area (Å²) in [6.45, 7) is 0.668. The minimum atomic E-state index is -0.229. The van der Waals surface area contributed by atoms with Crippen LogP contribution in [0.15, 0.2) is 0 Å². The Labute approximate surface area is 84.0 Å². The number of carbonyl (C=O) groups excluding carboxylic acids is 2. The summed E-state index contributed by atoms with van der Waals surface area (Å²) in [5, 5.41) is 0. The van der Waals surface area contributed by atoms with Crippen LogP contribution >= 0.6 is 0 Å². The molecule has 2 amide bonds. The lowest BCUT2D eigenvalue weighted by Crippen LogP contribution is -2.34. The number of amides is 2. The quantitative estimate of drug-likeness (QED) is 0.612. The number of imide groups is 1. The van der Waals surface area contributed by atoms with E-state index in [1.165, 1.54) is 21.3 Å². The van der Waals surface area contributed by atoms with E-state index in [2.05, 4.69) is 0 Å². The van der Waals surface area contributed by atoms with Gasteiger partial charge in [0, 0.05) is 21.3 Å². The summed E-state index contributed by atoms with van der Waals surface area (Å²) in [5.74, 6) is -0.457. The van der Waals surface area contributed by atoms with Crippen LogP contribution in [0.5, 0.6) is 0 Å². The van der Waals surface area contributed by atoms with Crippen LogP contribution in [-0.4, -0.2) is 51.2 Å². The summed E-state index contributed by atoms with van der Waals surface area (Å²) in [7, 11) is 4.50. The zero-order valence-electron chi connectivity index (χ0n) is 8.91. The maximum atomic E-state index is 11.3. The predicted octanol–water partition coefficient (Wildman–Crippen LogP) is 0.0444. The molecule has 82 valence electrons. The van der Waals surface area contributed by atoms with Crippen molar-refractivity contribution >= 4 is 11.8 Å². The van der Waals surface area contributed by atoms with Crippen molar-refractivity contribution in [3.8, 4) is 0 Å². The smallest absolute Gasteiger partial charge is 0.231 e. The Hall–Kier alpha value is -0.940. The molecule has 0 aromatic rings. The molecule has 0 heterocycles. The zero-order valence-corrected chi connectivity index (χ0v) is 8.91. The molecule has 0 aliphatic rings. The molecule has 0 fully saturated rings. The maximum absolute atomic E-state index is 11.3. The van der Waals surface area contributed by atoms with Crippen molar-refractivity contribution in [2.24, 2.45) is 0 Å². The second-order valence-electron chi connectivity index (χ2n) is 2.83. The van der Waals surface area contributed by atoms with Crippen molar-refractivity contribution in [1.82, 2.24) is 4.90 Å². The molecule has 0 N–H and O–H groups in total. The molecule has 0 aromatic carbocycles. The number of hydrogen-bond donors (Lipinski definition) is 0. The van der Waals surface area contributed by atoms with E-state index < -0.39 is 0 Å². The molecule has 0 rings (SSSR count). The first kappa shape index (κ1) is 13.1.